The van der Waals surface area contributed by atoms with Gasteiger partial charge in [0.1, 0.15) is 5.82 Å². The number of aliphatic hydroxyl groups excluding tert-OH is 1. The number of aliphatic hydroxyl groups is 1. The molecule has 0 radical (unpaired) electrons. The van der Waals surface area contributed by atoms with E-state index in [0.717, 1.165) is 0 Å². The predicted octanol–water partition coefficient (Wildman–Crippen LogP) is 2.47. The molecule has 0 aliphatic rings. The molecule has 0 saturated heterocycles. The summed E-state index contributed by atoms with van der Waals surface area (Å²) in [5.74, 6) is 0.611. The molecule has 2 aromatic rings. The Kier molecular flexibility index (Phi) is 5.03. The zero-order chi connectivity index (χ0) is 15.4. The van der Waals surface area contributed by atoms with Crippen LogP contribution in [0.4, 0.5) is 4.39 Å². The highest BCUT2D eigenvalue weighted by atomic mass is 19.1. The molecule has 1 atom stereocenters. The molecule has 114 valence electrons. The molecular formula is C15H20FN3O2. The highest BCUT2D eigenvalue weighted by molar-refractivity contribution is 5.53. The van der Waals surface area contributed by atoms with E-state index in [4.69, 9.17) is 4.52 Å². The Hall–Kier alpha value is -1.79. The van der Waals surface area contributed by atoms with Gasteiger partial charge in [-0.1, -0.05) is 5.16 Å². The molecule has 0 spiro atoms. The Balaban J connectivity index is 2.10. The topological polar surface area (TPSA) is 62.4 Å². The summed E-state index contributed by atoms with van der Waals surface area (Å²) in [6.07, 6.45) is -0.424. The molecule has 0 fully saturated rings. The highest BCUT2D eigenvalue weighted by Gasteiger charge is 2.17. The average Bonchev–Trinajstić information content (AvgIpc) is 2.87. The third kappa shape index (κ3) is 4.34. The zero-order valence-corrected chi connectivity index (χ0v) is 12.5. The van der Waals surface area contributed by atoms with Crippen LogP contribution in [0.1, 0.15) is 26.7 Å². The molecular weight excluding hydrogens is 273 g/mol. The zero-order valence-electron chi connectivity index (χ0n) is 12.5. The van der Waals surface area contributed by atoms with Crippen LogP contribution in [0, 0.1) is 5.82 Å². The van der Waals surface area contributed by atoms with E-state index < -0.39 is 6.10 Å². The Morgan fingerprint density at radius 1 is 1.24 bits per heavy atom. The summed E-state index contributed by atoms with van der Waals surface area (Å²) in [6.45, 7) is 6.83. The number of benzene rings is 1. The number of aromatic nitrogens is 2. The largest absolute Gasteiger partial charge is 0.392 e. The molecule has 0 aliphatic carbocycles. The van der Waals surface area contributed by atoms with Gasteiger partial charge in [0.2, 0.25) is 11.7 Å². The Labute approximate surface area is 123 Å². The quantitative estimate of drug-likeness (QED) is 0.886. The van der Waals surface area contributed by atoms with Crippen LogP contribution in [0.25, 0.3) is 11.4 Å². The van der Waals surface area contributed by atoms with Crippen molar-refractivity contribution in [2.24, 2.45) is 0 Å². The normalized spacial score (nSPS) is 13.1. The molecule has 1 aromatic heterocycles. The number of nitrogens with zero attached hydrogens (tertiary/aromatic N) is 3. The number of hydrogen-bond acceptors (Lipinski definition) is 5. The number of halogens is 1. The monoisotopic (exact) mass is 293 g/mol. The number of rotatable bonds is 6. The summed E-state index contributed by atoms with van der Waals surface area (Å²) in [5, 5.41) is 13.4. The number of hydrogen-bond donors (Lipinski definition) is 1. The lowest BCUT2D eigenvalue weighted by molar-refractivity contribution is 0.0943. The molecule has 6 heteroatoms. The van der Waals surface area contributed by atoms with E-state index in [1.165, 1.54) is 12.1 Å². The Morgan fingerprint density at radius 2 is 1.90 bits per heavy atom. The fraction of sp³-hybridized carbons (Fsp3) is 0.467. The summed E-state index contributed by atoms with van der Waals surface area (Å²) in [6, 6.07) is 6.19. The van der Waals surface area contributed by atoms with Crippen molar-refractivity contribution >= 4 is 0 Å². The van der Waals surface area contributed by atoms with Crippen LogP contribution in [-0.4, -0.2) is 38.8 Å². The van der Waals surface area contributed by atoms with E-state index in [1.807, 2.05) is 18.7 Å². The molecule has 0 bridgehead atoms. The maximum absolute atomic E-state index is 12.9. The maximum atomic E-state index is 12.9. The molecule has 5 nitrogen and oxygen atoms in total. The molecule has 0 aliphatic heterocycles. The molecule has 1 heterocycles. The van der Waals surface area contributed by atoms with Crippen molar-refractivity contribution in [2.75, 3.05) is 6.54 Å². The van der Waals surface area contributed by atoms with Gasteiger partial charge in [-0.15, -0.1) is 0 Å². The van der Waals surface area contributed by atoms with Crippen molar-refractivity contribution in [2.45, 2.75) is 39.5 Å². The van der Waals surface area contributed by atoms with Crippen molar-refractivity contribution in [3.8, 4) is 11.4 Å². The van der Waals surface area contributed by atoms with Gasteiger partial charge in [0.25, 0.3) is 0 Å². The van der Waals surface area contributed by atoms with Gasteiger partial charge in [-0.25, -0.2) is 4.39 Å². The van der Waals surface area contributed by atoms with Gasteiger partial charge >= 0.3 is 0 Å². The van der Waals surface area contributed by atoms with Crippen LogP contribution >= 0.6 is 0 Å². The fourth-order valence-electron chi connectivity index (χ4n) is 2.01. The van der Waals surface area contributed by atoms with E-state index >= 15 is 0 Å². The van der Waals surface area contributed by atoms with Gasteiger partial charge in [0.15, 0.2) is 0 Å². The minimum Gasteiger partial charge on any atom is -0.392 e. The standard InChI is InChI=1S/C15H20FN3O2/c1-10(2)19(8-11(3)20)9-14-17-15(18-21-14)12-4-6-13(16)7-5-12/h4-7,10-11,20H,8-9H2,1-3H3. The maximum Gasteiger partial charge on any atom is 0.241 e. The minimum atomic E-state index is -0.424. The van der Waals surface area contributed by atoms with Crippen molar-refractivity contribution in [3.05, 3.63) is 36.0 Å². The molecule has 1 N–H and O–H groups in total. The van der Waals surface area contributed by atoms with Crippen LogP contribution in [0.5, 0.6) is 0 Å². The first-order valence-electron chi connectivity index (χ1n) is 6.96. The van der Waals surface area contributed by atoms with Gasteiger partial charge in [0, 0.05) is 18.2 Å². The van der Waals surface area contributed by atoms with Crippen LogP contribution in [0.15, 0.2) is 28.8 Å². The first-order valence-corrected chi connectivity index (χ1v) is 6.96. The van der Waals surface area contributed by atoms with Gasteiger partial charge in [-0.2, -0.15) is 4.98 Å². The van der Waals surface area contributed by atoms with E-state index in [0.29, 0.717) is 30.4 Å². The summed E-state index contributed by atoms with van der Waals surface area (Å²) >= 11 is 0. The van der Waals surface area contributed by atoms with Crippen molar-refractivity contribution in [3.63, 3.8) is 0 Å². The lowest BCUT2D eigenvalue weighted by atomic mass is 10.2. The highest BCUT2D eigenvalue weighted by Crippen LogP contribution is 2.17. The van der Waals surface area contributed by atoms with Gasteiger partial charge < -0.3 is 9.63 Å². The summed E-state index contributed by atoms with van der Waals surface area (Å²) in [7, 11) is 0. The summed E-state index contributed by atoms with van der Waals surface area (Å²) < 4.78 is 18.1. The second kappa shape index (κ2) is 6.78. The molecule has 21 heavy (non-hydrogen) atoms. The SMILES string of the molecule is CC(O)CN(Cc1nc(-c2ccc(F)cc2)no1)C(C)C. The third-order valence-corrected chi connectivity index (χ3v) is 3.14. The van der Waals surface area contributed by atoms with Crippen molar-refractivity contribution < 1.29 is 14.0 Å². The van der Waals surface area contributed by atoms with Crippen molar-refractivity contribution in [1.29, 1.82) is 0 Å². The first kappa shape index (κ1) is 15.6. The molecule has 0 amide bonds. The Morgan fingerprint density at radius 3 is 2.48 bits per heavy atom. The second-order valence-electron chi connectivity index (χ2n) is 5.39. The van der Waals surface area contributed by atoms with Gasteiger partial charge in [0.05, 0.1) is 12.6 Å². The van der Waals surface area contributed by atoms with Gasteiger partial charge in [-0.05, 0) is 45.0 Å². The molecule has 2 rings (SSSR count). The fourth-order valence-corrected chi connectivity index (χ4v) is 2.01. The molecule has 1 unspecified atom stereocenters. The molecule has 1 aromatic carbocycles. The molecule has 0 saturated carbocycles. The van der Waals surface area contributed by atoms with E-state index in [2.05, 4.69) is 10.1 Å². The lowest BCUT2D eigenvalue weighted by Gasteiger charge is -2.25. The van der Waals surface area contributed by atoms with Gasteiger partial charge in [-0.3, -0.25) is 4.90 Å². The predicted molar refractivity (Wildman–Crippen MR) is 76.9 cm³/mol. The van der Waals surface area contributed by atoms with E-state index in [-0.39, 0.29) is 11.9 Å². The average molecular weight is 293 g/mol. The lowest BCUT2D eigenvalue weighted by Crippen LogP contribution is -2.36. The van der Waals surface area contributed by atoms with Crippen LogP contribution < -0.4 is 0 Å². The van der Waals surface area contributed by atoms with E-state index in [9.17, 15) is 9.50 Å². The summed E-state index contributed by atoms with van der Waals surface area (Å²) in [5.41, 5.74) is 0.707. The summed E-state index contributed by atoms with van der Waals surface area (Å²) in [4.78, 5) is 6.36. The second-order valence-corrected chi connectivity index (χ2v) is 5.39. The van der Waals surface area contributed by atoms with Crippen LogP contribution in [-0.2, 0) is 6.54 Å². The minimum absolute atomic E-state index is 0.251. The third-order valence-electron chi connectivity index (χ3n) is 3.14. The van der Waals surface area contributed by atoms with Crippen LogP contribution in [0.2, 0.25) is 0 Å². The first-order chi connectivity index (χ1) is 9.95. The van der Waals surface area contributed by atoms with Crippen molar-refractivity contribution in [1.82, 2.24) is 15.0 Å². The Bertz CT molecular complexity index is 567. The van der Waals surface area contributed by atoms with E-state index in [1.54, 1.807) is 19.1 Å². The smallest absolute Gasteiger partial charge is 0.241 e. The van der Waals surface area contributed by atoms with Crippen LogP contribution in [0.3, 0.4) is 0 Å².